The van der Waals surface area contributed by atoms with Crippen LogP contribution in [0, 0.1) is 0 Å². The fraction of sp³-hybridized carbons (Fsp3) is 0.100. The van der Waals surface area contributed by atoms with Crippen molar-refractivity contribution < 1.29 is 18.3 Å². The van der Waals surface area contributed by atoms with Crippen LogP contribution in [-0.4, -0.2) is 31.3 Å². The number of hydrogen-bond acceptors (Lipinski definition) is 6. The second-order valence-corrected chi connectivity index (χ2v) is 7.42. The molecule has 2 aromatic carbocycles. The highest BCUT2D eigenvalue weighted by Gasteiger charge is 2.14. The summed E-state index contributed by atoms with van der Waals surface area (Å²) in [5.41, 5.74) is 1.33. The molecule has 3 rings (SSSR count). The van der Waals surface area contributed by atoms with E-state index in [4.69, 9.17) is 4.74 Å². The van der Waals surface area contributed by atoms with E-state index in [-0.39, 0.29) is 16.5 Å². The highest BCUT2D eigenvalue weighted by molar-refractivity contribution is 7.92. The Kier molecular flexibility index (Phi) is 5.90. The molecule has 0 aliphatic carbocycles. The number of ether oxygens (including phenoxy) is 1. The van der Waals surface area contributed by atoms with E-state index in [0.717, 1.165) is 5.56 Å². The molecule has 28 heavy (non-hydrogen) atoms. The van der Waals surface area contributed by atoms with E-state index in [1.807, 2.05) is 6.92 Å². The summed E-state index contributed by atoms with van der Waals surface area (Å²) < 4.78 is 32.6. The third-order valence-electron chi connectivity index (χ3n) is 3.70. The molecule has 0 spiro atoms. The highest BCUT2D eigenvalue weighted by Crippen LogP contribution is 2.26. The Labute approximate surface area is 163 Å². The van der Waals surface area contributed by atoms with Gasteiger partial charge in [-0.25, -0.2) is 13.4 Å². The lowest BCUT2D eigenvalue weighted by Crippen LogP contribution is -2.13. The Hall–Kier alpha value is -3.39. The predicted octanol–water partition coefficient (Wildman–Crippen LogP) is 3.74. The molecule has 0 aliphatic heterocycles. The first-order chi connectivity index (χ1) is 13.5. The molecule has 0 fully saturated rings. The monoisotopic (exact) mass is 397 g/mol. The number of phenolic OH excluding ortho intramolecular Hbond substituents is 1. The molecular formula is C20H19N3O4S. The van der Waals surface area contributed by atoms with Crippen LogP contribution >= 0.6 is 0 Å². The van der Waals surface area contributed by atoms with Gasteiger partial charge in [0.1, 0.15) is 5.82 Å². The molecule has 1 heterocycles. The third-order valence-corrected chi connectivity index (χ3v) is 5.07. The average molecular weight is 397 g/mol. The predicted molar refractivity (Wildman–Crippen MR) is 108 cm³/mol. The summed E-state index contributed by atoms with van der Waals surface area (Å²) in [6, 6.07) is 16.0. The Morgan fingerprint density at radius 2 is 1.93 bits per heavy atom. The molecule has 0 bridgehead atoms. The number of rotatable bonds is 7. The maximum atomic E-state index is 12.4. The van der Waals surface area contributed by atoms with Crippen LogP contribution in [0.15, 0.2) is 76.7 Å². The third kappa shape index (κ3) is 4.86. The summed E-state index contributed by atoms with van der Waals surface area (Å²) in [6.07, 6.45) is 3.12. The Bertz CT molecular complexity index is 1070. The number of aromatic nitrogens is 1. The normalized spacial score (nSPS) is 11.5. The summed E-state index contributed by atoms with van der Waals surface area (Å²) >= 11 is 0. The minimum absolute atomic E-state index is 0.0639. The molecule has 1 aromatic heterocycles. The number of hydrogen-bond donors (Lipinski definition) is 2. The fourth-order valence-corrected chi connectivity index (χ4v) is 3.37. The Morgan fingerprint density at radius 1 is 1.14 bits per heavy atom. The van der Waals surface area contributed by atoms with Gasteiger partial charge in [0, 0.05) is 12.4 Å². The molecule has 8 heteroatoms. The number of pyridine rings is 1. The van der Waals surface area contributed by atoms with Crippen LogP contribution in [0.1, 0.15) is 12.5 Å². The van der Waals surface area contributed by atoms with Crippen LogP contribution in [-0.2, 0) is 10.0 Å². The topological polar surface area (TPSA) is 101 Å². The Balaban J connectivity index is 1.74. The maximum Gasteiger partial charge on any atom is 0.263 e. The van der Waals surface area contributed by atoms with E-state index in [1.54, 1.807) is 48.7 Å². The standard InChI is InChI=1S/C20H19N3O4S/c1-2-27-19-13-15(6-11-18(19)24)14-22-16-7-9-17(10-8-16)28(25,26)23-20-5-3-4-12-21-20/h3-14,24H,2H2,1H3,(H,21,23). The first kappa shape index (κ1) is 19.4. The zero-order chi connectivity index (χ0) is 20.0. The minimum atomic E-state index is -3.72. The van der Waals surface area contributed by atoms with Crippen molar-refractivity contribution in [1.29, 1.82) is 0 Å². The molecular weight excluding hydrogens is 378 g/mol. The Morgan fingerprint density at radius 3 is 2.61 bits per heavy atom. The molecule has 2 N–H and O–H groups in total. The van der Waals surface area contributed by atoms with Crippen molar-refractivity contribution in [2.45, 2.75) is 11.8 Å². The van der Waals surface area contributed by atoms with Gasteiger partial charge in [0.25, 0.3) is 10.0 Å². The average Bonchev–Trinajstić information content (AvgIpc) is 2.69. The van der Waals surface area contributed by atoms with Gasteiger partial charge in [0.05, 0.1) is 17.2 Å². The molecule has 0 amide bonds. The van der Waals surface area contributed by atoms with Gasteiger partial charge in [-0.15, -0.1) is 0 Å². The van der Waals surface area contributed by atoms with E-state index < -0.39 is 10.0 Å². The van der Waals surface area contributed by atoms with Crippen molar-refractivity contribution >= 4 is 27.7 Å². The molecule has 0 atom stereocenters. The number of benzene rings is 2. The van der Waals surface area contributed by atoms with Gasteiger partial charge in [-0.2, -0.15) is 0 Å². The van der Waals surface area contributed by atoms with Crippen LogP contribution in [0.2, 0.25) is 0 Å². The van der Waals surface area contributed by atoms with Gasteiger partial charge >= 0.3 is 0 Å². The lowest BCUT2D eigenvalue weighted by molar-refractivity contribution is 0.318. The first-order valence-electron chi connectivity index (χ1n) is 8.52. The molecule has 0 radical (unpaired) electrons. The minimum Gasteiger partial charge on any atom is -0.504 e. The van der Waals surface area contributed by atoms with Crippen molar-refractivity contribution in [3.05, 3.63) is 72.4 Å². The number of anilines is 1. The van der Waals surface area contributed by atoms with Gasteiger partial charge in [0.15, 0.2) is 11.5 Å². The highest BCUT2D eigenvalue weighted by atomic mass is 32.2. The fourth-order valence-electron chi connectivity index (χ4n) is 2.36. The molecule has 7 nitrogen and oxygen atoms in total. The summed E-state index contributed by atoms with van der Waals surface area (Å²) in [5, 5.41) is 9.73. The van der Waals surface area contributed by atoms with Crippen molar-refractivity contribution in [2.75, 3.05) is 11.3 Å². The maximum absolute atomic E-state index is 12.4. The number of aliphatic imine (C=N–C) groups is 1. The van der Waals surface area contributed by atoms with E-state index in [0.29, 0.717) is 18.0 Å². The van der Waals surface area contributed by atoms with Gasteiger partial charge in [-0.3, -0.25) is 9.71 Å². The van der Waals surface area contributed by atoms with Crippen molar-refractivity contribution in [2.24, 2.45) is 4.99 Å². The zero-order valence-corrected chi connectivity index (χ0v) is 15.9. The van der Waals surface area contributed by atoms with E-state index in [9.17, 15) is 13.5 Å². The van der Waals surface area contributed by atoms with Crippen molar-refractivity contribution in [3.8, 4) is 11.5 Å². The number of nitrogens with zero attached hydrogens (tertiary/aromatic N) is 2. The molecule has 0 saturated carbocycles. The second kappa shape index (κ2) is 8.53. The van der Waals surface area contributed by atoms with E-state index in [2.05, 4.69) is 14.7 Å². The number of nitrogens with one attached hydrogen (secondary N) is 1. The molecule has 3 aromatic rings. The summed E-state index contributed by atoms with van der Waals surface area (Å²) in [4.78, 5) is 8.39. The van der Waals surface area contributed by atoms with Crippen LogP contribution < -0.4 is 9.46 Å². The quantitative estimate of drug-likeness (QED) is 0.592. The van der Waals surface area contributed by atoms with Crippen LogP contribution in [0.25, 0.3) is 0 Å². The summed E-state index contributed by atoms with van der Waals surface area (Å²) in [6.45, 7) is 2.27. The smallest absolute Gasteiger partial charge is 0.263 e. The summed E-state index contributed by atoms with van der Waals surface area (Å²) in [5.74, 6) is 0.699. The number of aromatic hydroxyl groups is 1. The van der Waals surface area contributed by atoms with Gasteiger partial charge < -0.3 is 9.84 Å². The zero-order valence-electron chi connectivity index (χ0n) is 15.1. The lowest BCUT2D eigenvalue weighted by Gasteiger charge is -2.07. The number of phenols is 1. The van der Waals surface area contributed by atoms with Crippen LogP contribution in [0.5, 0.6) is 11.5 Å². The molecule has 0 aliphatic rings. The van der Waals surface area contributed by atoms with Crippen LogP contribution in [0.3, 0.4) is 0 Å². The van der Waals surface area contributed by atoms with Gasteiger partial charge in [-0.1, -0.05) is 6.07 Å². The first-order valence-corrected chi connectivity index (χ1v) is 10.00. The number of sulfonamides is 1. The van der Waals surface area contributed by atoms with Gasteiger partial charge in [-0.05, 0) is 67.1 Å². The lowest BCUT2D eigenvalue weighted by atomic mass is 10.2. The SMILES string of the molecule is CCOc1cc(C=Nc2ccc(S(=O)(=O)Nc3ccccn3)cc2)ccc1O. The molecule has 0 saturated heterocycles. The van der Waals surface area contributed by atoms with E-state index >= 15 is 0 Å². The van der Waals surface area contributed by atoms with Crippen molar-refractivity contribution in [3.63, 3.8) is 0 Å². The van der Waals surface area contributed by atoms with Crippen molar-refractivity contribution in [1.82, 2.24) is 4.98 Å². The largest absolute Gasteiger partial charge is 0.504 e. The summed E-state index contributed by atoms with van der Waals surface area (Å²) in [7, 11) is -3.72. The molecule has 144 valence electrons. The van der Waals surface area contributed by atoms with Gasteiger partial charge in [0.2, 0.25) is 0 Å². The molecule has 0 unspecified atom stereocenters. The van der Waals surface area contributed by atoms with E-state index in [1.165, 1.54) is 24.4 Å². The second-order valence-electron chi connectivity index (χ2n) is 5.73. The van der Waals surface area contributed by atoms with Crippen LogP contribution in [0.4, 0.5) is 11.5 Å².